The molecule has 0 atom stereocenters. The van der Waals surface area contributed by atoms with Gasteiger partial charge in [-0.15, -0.1) is 0 Å². The summed E-state index contributed by atoms with van der Waals surface area (Å²) in [5.74, 6) is 2.36. The molecule has 0 saturated heterocycles. The monoisotopic (exact) mass is 339 g/mol. The zero-order valence-corrected chi connectivity index (χ0v) is 13.2. The Morgan fingerprint density at radius 2 is 2.20 bits per heavy atom. The third-order valence-corrected chi connectivity index (χ3v) is 3.61. The fraction of sp³-hybridized carbons (Fsp3) is 0.357. The second-order valence-corrected chi connectivity index (χ2v) is 5.22. The molecule has 1 heterocycles. The Hall–Kier alpha value is -1.53. The highest BCUT2D eigenvalue weighted by atomic mass is 79.9. The Labute approximate surface area is 126 Å². The summed E-state index contributed by atoms with van der Waals surface area (Å²) in [6.45, 7) is 0.990. The number of nitrogens with zero attached hydrogens (tertiary/aromatic N) is 2. The van der Waals surface area contributed by atoms with Crippen molar-refractivity contribution in [1.29, 1.82) is 0 Å². The molecule has 1 aromatic heterocycles. The van der Waals surface area contributed by atoms with Crippen molar-refractivity contribution in [2.75, 3.05) is 13.7 Å². The first-order valence-electron chi connectivity index (χ1n) is 6.31. The van der Waals surface area contributed by atoms with Crippen LogP contribution in [-0.4, -0.2) is 23.3 Å². The van der Waals surface area contributed by atoms with Crippen LogP contribution >= 0.6 is 15.9 Å². The van der Waals surface area contributed by atoms with Crippen molar-refractivity contribution in [3.63, 3.8) is 0 Å². The number of aryl methyl sites for hydroxylation is 1. The molecule has 2 rings (SSSR count). The van der Waals surface area contributed by atoms with E-state index in [9.17, 15) is 0 Å². The van der Waals surface area contributed by atoms with Crippen molar-refractivity contribution in [2.45, 2.75) is 13.0 Å². The number of nitrogens with two attached hydrogens (primary N) is 1. The van der Waals surface area contributed by atoms with Gasteiger partial charge in [-0.25, -0.2) is 4.98 Å². The van der Waals surface area contributed by atoms with Gasteiger partial charge in [0.1, 0.15) is 5.82 Å². The van der Waals surface area contributed by atoms with Gasteiger partial charge in [-0.05, 0) is 33.6 Å². The third kappa shape index (κ3) is 3.32. The number of aromatic nitrogens is 2. The summed E-state index contributed by atoms with van der Waals surface area (Å²) in [6, 6.07) is 3.83. The number of rotatable bonds is 6. The zero-order valence-electron chi connectivity index (χ0n) is 11.6. The number of hydrogen-bond donors (Lipinski definition) is 1. The molecule has 5 nitrogen and oxygen atoms in total. The summed E-state index contributed by atoms with van der Waals surface area (Å²) in [7, 11) is 3.59. The third-order valence-electron chi connectivity index (χ3n) is 3.02. The van der Waals surface area contributed by atoms with E-state index in [1.54, 1.807) is 13.3 Å². The summed E-state index contributed by atoms with van der Waals surface area (Å²) in [6.07, 6.45) is 4.43. The van der Waals surface area contributed by atoms with Crippen molar-refractivity contribution in [1.82, 2.24) is 9.55 Å². The van der Waals surface area contributed by atoms with E-state index < -0.39 is 0 Å². The van der Waals surface area contributed by atoms with E-state index in [2.05, 4.69) is 20.9 Å². The highest BCUT2D eigenvalue weighted by Gasteiger charge is 2.11. The molecule has 0 aliphatic heterocycles. The van der Waals surface area contributed by atoms with Gasteiger partial charge in [0.05, 0.1) is 18.2 Å². The smallest absolute Gasteiger partial charge is 0.175 e. The van der Waals surface area contributed by atoms with Crippen LogP contribution in [0.15, 0.2) is 29.0 Å². The molecule has 0 amide bonds. The topological polar surface area (TPSA) is 62.3 Å². The standard InChI is InChI=1S/C14H18BrN3O2/c1-18-5-4-17-13(18)3-6-20-14-11(15)7-10(9-16)8-12(14)19-2/h4-5,7-8H,3,6,9,16H2,1-2H3. The maximum absolute atomic E-state index is 5.82. The van der Waals surface area contributed by atoms with Gasteiger partial charge >= 0.3 is 0 Å². The molecule has 0 saturated carbocycles. The Balaban J connectivity index is 2.07. The van der Waals surface area contributed by atoms with Crippen molar-refractivity contribution in [3.8, 4) is 11.5 Å². The number of methoxy groups -OCH3 is 1. The van der Waals surface area contributed by atoms with Crippen LogP contribution in [0.3, 0.4) is 0 Å². The van der Waals surface area contributed by atoms with E-state index in [-0.39, 0.29) is 0 Å². The van der Waals surface area contributed by atoms with Gasteiger partial charge in [0.2, 0.25) is 0 Å². The van der Waals surface area contributed by atoms with Crippen LogP contribution in [0.2, 0.25) is 0 Å². The number of benzene rings is 1. The molecule has 108 valence electrons. The lowest BCUT2D eigenvalue weighted by molar-refractivity contribution is 0.292. The Morgan fingerprint density at radius 3 is 2.80 bits per heavy atom. The number of imidazole rings is 1. The average molecular weight is 340 g/mol. The molecular weight excluding hydrogens is 322 g/mol. The van der Waals surface area contributed by atoms with E-state index in [0.29, 0.717) is 24.7 Å². The quantitative estimate of drug-likeness (QED) is 0.876. The molecule has 0 radical (unpaired) electrons. The summed E-state index contributed by atoms with van der Waals surface area (Å²) < 4.78 is 14.0. The van der Waals surface area contributed by atoms with Crippen LogP contribution in [0.4, 0.5) is 0 Å². The molecule has 0 fully saturated rings. The Bertz CT molecular complexity index is 584. The van der Waals surface area contributed by atoms with E-state index in [0.717, 1.165) is 22.3 Å². The lowest BCUT2D eigenvalue weighted by atomic mass is 10.2. The largest absolute Gasteiger partial charge is 0.493 e. The minimum Gasteiger partial charge on any atom is -0.493 e. The van der Waals surface area contributed by atoms with E-state index >= 15 is 0 Å². The van der Waals surface area contributed by atoms with Gasteiger partial charge in [-0.3, -0.25) is 0 Å². The number of hydrogen-bond acceptors (Lipinski definition) is 4. The van der Waals surface area contributed by atoms with Gasteiger partial charge < -0.3 is 19.8 Å². The molecule has 2 aromatic rings. The molecule has 0 aliphatic rings. The van der Waals surface area contributed by atoms with Crippen LogP contribution in [0.5, 0.6) is 11.5 Å². The van der Waals surface area contributed by atoms with Gasteiger partial charge in [-0.1, -0.05) is 0 Å². The van der Waals surface area contributed by atoms with Crippen LogP contribution < -0.4 is 15.2 Å². The number of halogens is 1. The predicted octanol–water partition coefficient (Wildman–Crippen LogP) is 2.27. The van der Waals surface area contributed by atoms with E-state index in [4.69, 9.17) is 15.2 Å². The first-order valence-corrected chi connectivity index (χ1v) is 7.10. The first-order chi connectivity index (χ1) is 9.65. The van der Waals surface area contributed by atoms with E-state index in [1.165, 1.54) is 0 Å². The van der Waals surface area contributed by atoms with Gasteiger partial charge in [-0.2, -0.15) is 0 Å². The first kappa shape index (κ1) is 14.9. The number of ether oxygens (including phenoxy) is 2. The summed E-state index contributed by atoms with van der Waals surface area (Å²) in [5.41, 5.74) is 6.64. The summed E-state index contributed by atoms with van der Waals surface area (Å²) in [4.78, 5) is 4.26. The average Bonchev–Trinajstić information content (AvgIpc) is 2.85. The summed E-state index contributed by atoms with van der Waals surface area (Å²) in [5, 5.41) is 0. The lowest BCUT2D eigenvalue weighted by Crippen LogP contribution is -2.07. The molecule has 0 spiro atoms. The molecule has 6 heteroatoms. The predicted molar refractivity (Wildman–Crippen MR) is 81.0 cm³/mol. The normalized spacial score (nSPS) is 10.6. The fourth-order valence-electron chi connectivity index (χ4n) is 1.91. The maximum Gasteiger partial charge on any atom is 0.175 e. The van der Waals surface area contributed by atoms with E-state index in [1.807, 2.05) is 29.9 Å². The second-order valence-electron chi connectivity index (χ2n) is 4.37. The SMILES string of the molecule is COc1cc(CN)cc(Br)c1OCCc1nccn1C. The molecule has 0 aliphatic carbocycles. The molecule has 20 heavy (non-hydrogen) atoms. The molecule has 0 unspecified atom stereocenters. The van der Waals surface area contributed by atoms with Crippen LogP contribution in [0, 0.1) is 0 Å². The van der Waals surface area contributed by atoms with Crippen LogP contribution in [-0.2, 0) is 20.0 Å². The Kier molecular flexibility index (Phi) is 5.03. The fourth-order valence-corrected chi connectivity index (χ4v) is 2.52. The van der Waals surface area contributed by atoms with Gasteiger partial charge in [0.15, 0.2) is 11.5 Å². The van der Waals surface area contributed by atoms with Crippen LogP contribution in [0.1, 0.15) is 11.4 Å². The molecule has 0 bridgehead atoms. The molecule has 1 aromatic carbocycles. The highest BCUT2D eigenvalue weighted by molar-refractivity contribution is 9.10. The minimum absolute atomic E-state index is 0.461. The molecular formula is C14H18BrN3O2. The second kappa shape index (κ2) is 6.76. The van der Waals surface area contributed by atoms with Crippen LogP contribution in [0.25, 0.3) is 0 Å². The molecule has 2 N–H and O–H groups in total. The highest BCUT2D eigenvalue weighted by Crippen LogP contribution is 2.36. The summed E-state index contributed by atoms with van der Waals surface area (Å²) >= 11 is 3.49. The van der Waals surface area contributed by atoms with Gasteiger partial charge in [0, 0.05) is 32.4 Å². The van der Waals surface area contributed by atoms with Crippen molar-refractivity contribution in [2.24, 2.45) is 12.8 Å². The van der Waals surface area contributed by atoms with Crippen molar-refractivity contribution in [3.05, 3.63) is 40.4 Å². The van der Waals surface area contributed by atoms with Gasteiger partial charge in [0.25, 0.3) is 0 Å². The Morgan fingerprint density at radius 1 is 1.40 bits per heavy atom. The lowest BCUT2D eigenvalue weighted by Gasteiger charge is -2.14. The maximum atomic E-state index is 5.82. The van der Waals surface area contributed by atoms with Crippen molar-refractivity contribution < 1.29 is 9.47 Å². The minimum atomic E-state index is 0.461. The zero-order chi connectivity index (χ0) is 14.5. The van der Waals surface area contributed by atoms with Crippen molar-refractivity contribution >= 4 is 15.9 Å².